The lowest BCUT2D eigenvalue weighted by Gasteiger charge is -2.20. The topological polar surface area (TPSA) is 127 Å². The predicted molar refractivity (Wildman–Crippen MR) is 190 cm³/mol. The van der Waals surface area contributed by atoms with Crippen LogP contribution in [-0.2, 0) is 26.7 Å². The molecule has 4 aromatic rings. The van der Waals surface area contributed by atoms with Crippen molar-refractivity contribution in [2.45, 2.75) is 77.7 Å². The summed E-state index contributed by atoms with van der Waals surface area (Å²) in [5.74, 6) is 0.0836. The van der Waals surface area contributed by atoms with E-state index in [1.54, 1.807) is 36.7 Å². The van der Waals surface area contributed by atoms with Gasteiger partial charge in [0.1, 0.15) is 11.8 Å². The van der Waals surface area contributed by atoms with Gasteiger partial charge in [-0.15, -0.1) is 0 Å². The van der Waals surface area contributed by atoms with E-state index in [4.69, 9.17) is 4.74 Å². The first kappa shape index (κ1) is 36.3. The highest BCUT2D eigenvalue weighted by molar-refractivity contribution is 7.89. The van der Waals surface area contributed by atoms with Gasteiger partial charge in [-0.25, -0.2) is 18.4 Å². The average Bonchev–Trinajstić information content (AvgIpc) is 3.05. The predicted octanol–water partition coefficient (Wildman–Crippen LogP) is 6.87. The first-order valence-electron chi connectivity index (χ1n) is 16.4. The lowest BCUT2D eigenvalue weighted by atomic mass is 9.86. The molecule has 0 spiro atoms. The monoisotopic (exact) mass is 670 g/mol. The van der Waals surface area contributed by atoms with E-state index in [9.17, 15) is 18.0 Å². The fourth-order valence-corrected chi connectivity index (χ4v) is 5.63. The Labute approximate surface area is 284 Å². The number of nitrogens with one attached hydrogen (secondary N) is 2. The Morgan fingerprint density at radius 1 is 0.792 bits per heavy atom. The number of unbranched alkanes of at least 4 members (excludes halogenated alkanes) is 4. The normalized spacial score (nSPS) is 12.3. The highest BCUT2D eigenvalue weighted by Gasteiger charge is 2.25. The maximum Gasteiger partial charge on any atom is 0.256 e. The van der Waals surface area contributed by atoms with Gasteiger partial charge < -0.3 is 10.1 Å². The third kappa shape index (κ3) is 11.0. The van der Waals surface area contributed by atoms with Crippen LogP contribution in [0.5, 0.6) is 5.75 Å². The minimum atomic E-state index is -3.83. The summed E-state index contributed by atoms with van der Waals surface area (Å²) in [5, 5.41) is 2.70. The van der Waals surface area contributed by atoms with E-state index in [1.165, 1.54) is 25.7 Å². The van der Waals surface area contributed by atoms with Gasteiger partial charge in [0, 0.05) is 35.5 Å². The van der Waals surface area contributed by atoms with Crippen molar-refractivity contribution >= 4 is 21.8 Å². The summed E-state index contributed by atoms with van der Waals surface area (Å²) in [5.41, 5.74) is 4.70. The number of nitrogens with zero attached hydrogens (tertiary/aromatic N) is 2. The third-order valence-electron chi connectivity index (χ3n) is 7.93. The fraction of sp³-hybridized carbons (Fsp3) is 0.368. The summed E-state index contributed by atoms with van der Waals surface area (Å²) in [4.78, 5) is 35.1. The van der Waals surface area contributed by atoms with Crippen LogP contribution in [0.4, 0.5) is 0 Å². The largest absolute Gasteiger partial charge is 0.494 e. The van der Waals surface area contributed by atoms with Crippen LogP contribution in [0.25, 0.3) is 22.5 Å². The van der Waals surface area contributed by atoms with Crippen molar-refractivity contribution in [3.05, 3.63) is 102 Å². The molecule has 0 fully saturated rings. The molecule has 1 atom stereocenters. The molecule has 10 heteroatoms. The molecule has 254 valence electrons. The maximum atomic E-state index is 13.1. The summed E-state index contributed by atoms with van der Waals surface area (Å²) < 4.78 is 31.5. The molecule has 9 nitrogen and oxygen atoms in total. The Bertz CT molecular complexity index is 1750. The quantitative estimate of drug-likeness (QED) is 0.132. The number of ether oxygens (including phenoxy) is 1. The molecule has 4 rings (SSSR count). The Morgan fingerprint density at radius 2 is 1.40 bits per heavy atom. The van der Waals surface area contributed by atoms with E-state index in [1.807, 2.05) is 53.3 Å². The van der Waals surface area contributed by atoms with E-state index < -0.39 is 27.9 Å². The standard InChI is InChI=1S/C38H46N4O5S/c1-6-7-8-9-10-23-47-33-21-17-28(18-22-33)31-25-39-35(40-26-31)29-13-11-27(12-14-29)24-34(37(44)42-48(5,45)46)41-36(43)30-15-19-32(20-16-30)38(2,3)4/h11-22,25-26,34H,6-10,23-24H2,1-5H3,(H,41,43)(H,42,44). The van der Waals surface area contributed by atoms with E-state index in [-0.39, 0.29) is 11.8 Å². The number of hydrogen-bond donors (Lipinski definition) is 2. The second-order valence-corrected chi connectivity index (χ2v) is 14.8. The van der Waals surface area contributed by atoms with E-state index in [0.717, 1.165) is 52.9 Å². The van der Waals surface area contributed by atoms with E-state index in [2.05, 4.69) is 43.0 Å². The number of benzene rings is 3. The molecular formula is C38H46N4O5S. The van der Waals surface area contributed by atoms with Crippen LogP contribution in [0.3, 0.4) is 0 Å². The molecule has 3 aromatic carbocycles. The molecule has 0 radical (unpaired) electrons. The second kappa shape index (κ2) is 16.5. The molecule has 0 aliphatic carbocycles. The fourth-order valence-electron chi connectivity index (χ4n) is 5.12. The zero-order chi connectivity index (χ0) is 34.7. The molecule has 0 saturated heterocycles. The van der Waals surface area contributed by atoms with Crippen molar-refractivity contribution in [2.24, 2.45) is 0 Å². The van der Waals surface area contributed by atoms with Gasteiger partial charge in [-0.1, -0.05) is 102 Å². The van der Waals surface area contributed by atoms with Crippen LogP contribution in [-0.4, -0.2) is 49.1 Å². The van der Waals surface area contributed by atoms with Crippen molar-refractivity contribution in [3.8, 4) is 28.3 Å². The van der Waals surface area contributed by atoms with Crippen LogP contribution in [0.2, 0.25) is 0 Å². The van der Waals surface area contributed by atoms with Gasteiger partial charge >= 0.3 is 0 Å². The molecule has 1 unspecified atom stereocenters. The minimum absolute atomic E-state index is 0.0752. The lowest BCUT2D eigenvalue weighted by Crippen LogP contribution is -2.49. The van der Waals surface area contributed by atoms with Crippen LogP contribution in [0, 0.1) is 0 Å². The molecule has 1 heterocycles. The Hall–Kier alpha value is -4.57. The number of carbonyl (C=O) groups is 2. The summed E-state index contributed by atoms with van der Waals surface area (Å²) >= 11 is 0. The highest BCUT2D eigenvalue weighted by atomic mass is 32.2. The van der Waals surface area contributed by atoms with Crippen LogP contribution < -0.4 is 14.8 Å². The van der Waals surface area contributed by atoms with Crippen molar-refractivity contribution in [3.63, 3.8) is 0 Å². The molecule has 1 aromatic heterocycles. The summed E-state index contributed by atoms with van der Waals surface area (Å²) in [6.45, 7) is 9.16. The van der Waals surface area contributed by atoms with Gasteiger partial charge in [0.15, 0.2) is 5.82 Å². The van der Waals surface area contributed by atoms with Gasteiger partial charge in [-0.2, -0.15) is 0 Å². The van der Waals surface area contributed by atoms with Gasteiger partial charge in [0.2, 0.25) is 10.0 Å². The van der Waals surface area contributed by atoms with Crippen molar-refractivity contribution in [2.75, 3.05) is 12.9 Å². The number of hydrogen-bond acceptors (Lipinski definition) is 7. The number of amides is 2. The second-order valence-electron chi connectivity index (χ2n) is 13.1. The average molecular weight is 671 g/mol. The Balaban J connectivity index is 1.40. The maximum absolute atomic E-state index is 13.1. The number of sulfonamides is 1. The Morgan fingerprint density at radius 3 is 1.98 bits per heavy atom. The summed E-state index contributed by atoms with van der Waals surface area (Å²) in [6, 6.07) is 21.2. The van der Waals surface area contributed by atoms with Gasteiger partial charge in [-0.05, 0) is 52.8 Å². The molecule has 0 saturated carbocycles. The molecule has 0 bridgehead atoms. The van der Waals surface area contributed by atoms with E-state index >= 15 is 0 Å². The molecular weight excluding hydrogens is 625 g/mol. The van der Waals surface area contributed by atoms with Crippen LogP contribution >= 0.6 is 0 Å². The van der Waals surface area contributed by atoms with Gasteiger partial charge in [0.25, 0.3) is 11.8 Å². The molecule has 0 aliphatic rings. The van der Waals surface area contributed by atoms with Gasteiger partial charge in [0.05, 0.1) is 12.9 Å². The SMILES string of the molecule is CCCCCCCOc1ccc(-c2cnc(-c3ccc(CC(NC(=O)c4ccc(C(C)(C)C)cc4)C(=O)NS(C)(=O)=O)cc3)nc2)cc1. The number of aromatic nitrogens is 2. The smallest absolute Gasteiger partial charge is 0.256 e. The summed E-state index contributed by atoms with van der Waals surface area (Å²) in [6.07, 6.45) is 10.5. The first-order chi connectivity index (χ1) is 22.8. The Kier molecular flexibility index (Phi) is 12.5. The van der Waals surface area contributed by atoms with Crippen molar-refractivity contribution in [1.82, 2.24) is 20.0 Å². The van der Waals surface area contributed by atoms with Crippen molar-refractivity contribution in [1.29, 1.82) is 0 Å². The summed E-state index contributed by atoms with van der Waals surface area (Å²) in [7, 11) is -3.83. The lowest BCUT2D eigenvalue weighted by molar-refractivity contribution is -0.121. The molecule has 2 N–H and O–H groups in total. The first-order valence-corrected chi connectivity index (χ1v) is 18.3. The number of rotatable bonds is 15. The van der Waals surface area contributed by atoms with Crippen LogP contribution in [0.1, 0.15) is 81.3 Å². The molecule has 2 amide bonds. The minimum Gasteiger partial charge on any atom is -0.494 e. The van der Waals surface area contributed by atoms with E-state index in [0.29, 0.717) is 11.4 Å². The zero-order valence-electron chi connectivity index (χ0n) is 28.5. The third-order valence-corrected chi connectivity index (χ3v) is 8.50. The molecule has 48 heavy (non-hydrogen) atoms. The highest BCUT2D eigenvalue weighted by Crippen LogP contribution is 2.24. The molecule has 0 aliphatic heterocycles. The van der Waals surface area contributed by atoms with Gasteiger partial charge in [-0.3, -0.25) is 14.3 Å². The van der Waals surface area contributed by atoms with Crippen LogP contribution in [0.15, 0.2) is 85.2 Å². The van der Waals surface area contributed by atoms with Crippen molar-refractivity contribution < 1.29 is 22.7 Å². The number of carbonyl (C=O) groups excluding carboxylic acids is 2. The zero-order valence-corrected chi connectivity index (χ0v) is 29.3.